The van der Waals surface area contributed by atoms with E-state index in [0.29, 0.717) is 37.6 Å². The first-order valence-corrected chi connectivity index (χ1v) is 8.52. The number of aryl methyl sites for hydroxylation is 1. The third-order valence-electron chi connectivity index (χ3n) is 4.31. The molecule has 2 aromatic rings. The summed E-state index contributed by atoms with van der Waals surface area (Å²) in [5.41, 5.74) is 2.02. The summed E-state index contributed by atoms with van der Waals surface area (Å²) < 4.78 is 6.92. The number of hydrogen-bond donors (Lipinski definition) is 2. The van der Waals surface area contributed by atoms with Gasteiger partial charge in [0, 0.05) is 43.1 Å². The normalized spacial score (nSPS) is 15.5. The van der Waals surface area contributed by atoms with E-state index in [4.69, 9.17) is 4.74 Å². The first-order valence-electron chi connectivity index (χ1n) is 8.52. The molecule has 1 aliphatic rings. The van der Waals surface area contributed by atoms with Crippen LogP contribution < -0.4 is 10.6 Å². The second kappa shape index (κ2) is 8.11. The van der Waals surface area contributed by atoms with Gasteiger partial charge < -0.3 is 20.3 Å². The number of nitrogens with one attached hydrogen (secondary N) is 2. The van der Waals surface area contributed by atoms with Crippen molar-refractivity contribution in [1.29, 1.82) is 0 Å². The first kappa shape index (κ1) is 18.1. The molecule has 138 valence electrons. The zero-order chi connectivity index (χ0) is 18.5. The van der Waals surface area contributed by atoms with Gasteiger partial charge in [0.2, 0.25) is 5.91 Å². The second-order valence-electron chi connectivity index (χ2n) is 6.14. The molecule has 1 unspecified atom stereocenters. The number of benzene rings is 1. The molecule has 0 aliphatic carbocycles. The Balaban J connectivity index is 1.64. The minimum absolute atomic E-state index is 0.0189. The maximum Gasteiger partial charge on any atom is 0.254 e. The van der Waals surface area contributed by atoms with Crippen LogP contribution in [0.4, 0.5) is 5.69 Å². The summed E-state index contributed by atoms with van der Waals surface area (Å²) in [6.07, 6.45) is 3.45. The number of nitrogens with zero attached hydrogens (tertiary/aromatic N) is 3. The third-order valence-corrected chi connectivity index (χ3v) is 4.31. The SMILES string of the molecule is CNC(C(=O)Nc1ccc(C(=O)N2CCOCC2)cc1)c1cnn(C)c1. The molecule has 1 aliphatic heterocycles. The molecule has 8 nitrogen and oxygen atoms in total. The van der Waals surface area contributed by atoms with Crippen molar-refractivity contribution in [2.45, 2.75) is 6.04 Å². The monoisotopic (exact) mass is 357 g/mol. The van der Waals surface area contributed by atoms with Crippen LogP contribution in [0.3, 0.4) is 0 Å². The summed E-state index contributed by atoms with van der Waals surface area (Å²) >= 11 is 0. The predicted octanol–water partition coefficient (Wildman–Crippen LogP) is 0.792. The number of carbonyl (C=O) groups excluding carboxylic acids is 2. The van der Waals surface area contributed by atoms with E-state index in [2.05, 4.69) is 15.7 Å². The van der Waals surface area contributed by atoms with Crippen LogP contribution in [0.25, 0.3) is 0 Å². The largest absolute Gasteiger partial charge is 0.378 e. The van der Waals surface area contributed by atoms with E-state index in [0.717, 1.165) is 5.56 Å². The van der Waals surface area contributed by atoms with Gasteiger partial charge in [0.1, 0.15) is 6.04 Å². The molecule has 1 aromatic carbocycles. The van der Waals surface area contributed by atoms with Crippen LogP contribution in [0.15, 0.2) is 36.7 Å². The van der Waals surface area contributed by atoms with Gasteiger partial charge >= 0.3 is 0 Å². The van der Waals surface area contributed by atoms with Crippen LogP contribution in [0.2, 0.25) is 0 Å². The minimum atomic E-state index is -0.502. The van der Waals surface area contributed by atoms with Crippen molar-refractivity contribution in [2.24, 2.45) is 7.05 Å². The Morgan fingerprint density at radius 1 is 1.19 bits per heavy atom. The van der Waals surface area contributed by atoms with Crippen LogP contribution >= 0.6 is 0 Å². The molecule has 0 spiro atoms. The van der Waals surface area contributed by atoms with Crippen molar-refractivity contribution in [3.8, 4) is 0 Å². The highest BCUT2D eigenvalue weighted by atomic mass is 16.5. The molecule has 1 atom stereocenters. The number of aromatic nitrogens is 2. The average Bonchev–Trinajstić information content (AvgIpc) is 3.09. The number of morpholine rings is 1. The van der Waals surface area contributed by atoms with Gasteiger partial charge in [0.15, 0.2) is 0 Å². The van der Waals surface area contributed by atoms with Gasteiger partial charge in [0.25, 0.3) is 5.91 Å². The summed E-state index contributed by atoms with van der Waals surface area (Å²) in [4.78, 5) is 26.7. The summed E-state index contributed by atoms with van der Waals surface area (Å²) in [7, 11) is 3.53. The Hall–Kier alpha value is -2.71. The first-order chi connectivity index (χ1) is 12.6. The van der Waals surface area contributed by atoms with E-state index in [1.165, 1.54) is 0 Å². The summed E-state index contributed by atoms with van der Waals surface area (Å²) in [6, 6.07) is 6.43. The van der Waals surface area contributed by atoms with Crippen molar-refractivity contribution >= 4 is 17.5 Å². The Kier molecular flexibility index (Phi) is 5.65. The molecule has 2 heterocycles. The van der Waals surface area contributed by atoms with Gasteiger partial charge in [0.05, 0.1) is 19.4 Å². The Morgan fingerprint density at radius 3 is 2.46 bits per heavy atom. The lowest BCUT2D eigenvalue weighted by Gasteiger charge is -2.26. The molecular weight excluding hydrogens is 334 g/mol. The van der Waals surface area contributed by atoms with Crippen molar-refractivity contribution in [1.82, 2.24) is 20.0 Å². The maximum absolute atomic E-state index is 12.5. The molecule has 0 radical (unpaired) electrons. The van der Waals surface area contributed by atoms with Gasteiger partial charge in [-0.05, 0) is 31.3 Å². The number of ether oxygens (including phenoxy) is 1. The fraction of sp³-hybridized carbons (Fsp3) is 0.389. The van der Waals surface area contributed by atoms with E-state index in [9.17, 15) is 9.59 Å². The third kappa shape index (κ3) is 4.09. The zero-order valence-corrected chi connectivity index (χ0v) is 14.9. The highest BCUT2D eigenvalue weighted by Gasteiger charge is 2.21. The van der Waals surface area contributed by atoms with Crippen LogP contribution in [0.5, 0.6) is 0 Å². The molecule has 0 saturated carbocycles. The highest BCUT2D eigenvalue weighted by Crippen LogP contribution is 2.17. The summed E-state index contributed by atoms with van der Waals surface area (Å²) in [5, 5.41) is 9.95. The topological polar surface area (TPSA) is 88.5 Å². The molecule has 0 bridgehead atoms. The fourth-order valence-corrected chi connectivity index (χ4v) is 2.90. The Morgan fingerprint density at radius 2 is 1.88 bits per heavy atom. The van der Waals surface area contributed by atoms with Crippen molar-refractivity contribution in [3.05, 3.63) is 47.8 Å². The number of likely N-dealkylation sites (N-methyl/N-ethyl adjacent to an activating group) is 1. The number of rotatable bonds is 5. The van der Waals surface area contributed by atoms with E-state index in [1.54, 1.807) is 60.3 Å². The van der Waals surface area contributed by atoms with Gasteiger partial charge in [-0.1, -0.05) is 0 Å². The van der Waals surface area contributed by atoms with Crippen LogP contribution in [0.1, 0.15) is 22.0 Å². The summed E-state index contributed by atoms with van der Waals surface area (Å²) in [6.45, 7) is 2.35. The minimum Gasteiger partial charge on any atom is -0.378 e. The van der Waals surface area contributed by atoms with E-state index in [1.807, 2.05) is 0 Å². The van der Waals surface area contributed by atoms with Crippen LogP contribution in [0, 0.1) is 0 Å². The van der Waals surface area contributed by atoms with E-state index in [-0.39, 0.29) is 11.8 Å². The standard InChI is InChI=1S/C18H23N5O3/c1-19-16(14-11-20-22(2)12-14)17(24)21-15-5-3-13(4-6-15)18(25)23-7-9-26-10-8-23/h3-6,11-12,16,19H,7-10H2,1-2H3,(H,21,24). The second-order valence-corrected chi connectivity index (χ2v) is 6.14. The number of amides is 2. The predicted molar refractivity (Wildman–Crippen MR) is 96.8 cm³/mol. The molecule has 3 rings (SSSR count). The van der Waals surface area contributed by atoms with Crippen LogP contribution in [-0.2, 0) is 16.6 Å². The number of carbonyl (C=O) groups is 2. The quantitative estimate of drug-likeness (QED) is 0.826. The molecule has 26 heavy (non-hydrogen) atoms. The lowest BCUT2D eigenvalue weighted by Crippen LogP contribution is -2.40. The number of anilines is 1. The molecule has 8 heteroatoms. The molecule has 1 fully saturated rings. The Labute approximate surface area is 152 Å². The molecular formula is C18H23N5O3. The molecule has 1 saturated heterocycles. The molecule has 1 aromatic heterocycles. The molecule has 2 amide bonds. The molecule has 2 N–H and O–H groups in total. The van der Waals surface area contributed by atoms with Gasteiger partial charge in [-0.25, -0.2) is 0 Å². The van der Waals surface area contributed by atoms with E-state index >= 15 is 0 Å². The van der Waals surface area contributed by atoms with Crippen LogP contribution in [-0.4, -0.2) is 59.8 Å². The maximum atomic E-state index is 12.5. The van der Waals surface area contributed by atoms with Crippen molar-refractivity contribution in [2.75, 3.05) is 38.7 Å². The van der Waals surface area contributed by atoms with Crippen molar-refractivity contribution < 1.29 is 14.3 Å². The summed E-state index contributed by atoms with van der Waals surface area (Å²) in [5.74, 6) is -0.206. The van der Waals surface area contributed by atoms with Gasteiger partial charge in [-0.2, -0.15) is 5.10 Å². The zero-order valence-electron chi connectivity index (χ0n) is 14.9. The van der Waals surface area contributed by atoms with Gasteiger partial charge in [-0.3, -0.25) is 14.3 Å². The Bertz CT molecular complexity index is 765. The van der Waals surface area contributed by atoms with Crippen molar-refractivity contribution in [3.63, 3.8) is 0 Å². The van der Waals surface area contributed by atoms with E-state index < -0.39 is 6.04 Å². The van der Waals surface area contributed by atoms with Gasteiger partial charge in [-0.15, -0.1) is 0 Å². The average molecular weight is 357 g/mol. The highest BCUT2D eigenvalue weighted by molar-refractivity contribution is 5.97. The number of hydrogen-bond acceptors (Lipinski definition) is 5. The smallest absolute Gasteiger partial charge is 0.254 e. The lowest BCUT2D eigenvalue weighted by molar-refractivity contribution is -0.118. The fourth-order valence-electron chi connectivity index (χ4n) is 2.90. The lowest BCUT2D eigenvalue weighted by atomic mass is 10.1.